The summed E-state index contributed by atoms with van der Waals surface area (Å²) in [5, 5.41) is 2.17. The number of nitrogens with two attached hydrogens (primary N) is 1. The van der Waals surface area contributed by atoms with Crippen molar-refractivity contribution in [1.29, 1.82) is 0 Å². The number of primary amides is 1. The number of nitrogens with zero attached hydrogens (tertiary/aromatic N) is 2. The normalized spacial score (nSPS) is 23.8. The van der Waals surface area contributed by atoms with Crippen LogP contribution in [0.3, 0.4) is 0 Å². The van der Waals surface area contributed by atoms with Crippen LogP contribution in [0.2, 0.25) is 0 Å². The van der Waals surface area contributed by atoms with E-state index in [1.54, 1.807) is 11.1 Å². The molecule has 0 spiro atoms. The molecular weight excluding hydrogens is 432 g/mol. The van der Waals surface area contributed by atoms with Crippen molar-refractivity contribution in [1.82, 2.24) is 15.1 Å². The fourth-order valence-electron chi connectivity index (χ4n) is 7.01. The molecule has 1 atom stereocenters. The summed E-state index contributed by atoms with van der Waals surface area (Å²) in [4.78, 5) is 14.9. The number of nitrogens with one attached hydrogen (secondary N) is 1. The highest BCUT2D eigenvalue weighted by Gasteiger charge is 2.51. The number of benzene rings is 2. The van der Waals surface area contributed by atoms with Crippen molar-refractivity contribution in [2.45, 2.75) is 64.0 Å². The first kappa shape index (κ1) is 25.7. The maximum atomic E-state index is 9.48. The number of carbonyl (C=O) groups excluding carboxylic acids is 1. The molecule has 1 saturated carbocycles. The summed E-state index contributed by atoms with van der Waals surface area (Å²) in [6.07, 6.45) is 8.47. The molecule has 2 aromatic carbocycles. The second kappa shape index (κ2) is 12.0. The van der Waals surface area contributed by atoms with Crippen molar-refractivity contribution >= 4 is 6.03 Å². The summed E-state index contributed by atoms with van der Waals surface area (Å²) in [6, 6.07) is 20.1. The van der Waals surface area contributed by atoms with Gasteiger partial charge in [-0.05, 0) is 73.8 Å². The molecule has 190 valence electrons. The van der Waals surface area contributed by atoms with Crippen LogP contribution in [-0.4, -0.2) is 49.1 Å². The molecular formula is C30H44N4O. The molecule has 3 N–H and O–H groups in total. The number of carbonyl (C=O) groups is 1. The lowest BCUT2D eigenvalue weighted by atomic mass is 9.57. The number of hydrogen-bond donors (Lipinski definition) is 2. The van der Waals surface area contributed by atoms with Gasteiger partial charge in [-0.3, -0.25) is 9.80 Å². The molecule has 1 unspecified atom stereocenters. The van der Waals surface area contributed by atoms with E-state index in [0.29, 0.717) is 5.41 Å². The standard InChI is InChI=1S/C28H38N2.C2H6N2O/c1-2-29-21-24-12-6-9-15-27(24)28(22-29,25-13-7-8-14-25)26-16-18-30(19-17-26)20-23-10-4-3-5-11-23;1-4-2(3)5/h3-6,9-12,15,25-26H,2,7-8,13-14,16-22H2,1H3;1H3,(H3,3,4,5). The number of urea groups is 1. The predicted molar refractivity (Wildman–Crippen MR) is 144 cm³/mol. The van der Waals surface area contributed by atoms with E-state index in [9.17, 15) is 4.79 Å². The van der Waals surface area contributed by atoms with Gasteiger partial charge in [0.25, 0.3) is 0 Å². The Hall–Kier alpha value is -2.37. The minimum absolute atomic E-state index is 0.375. The molecule has 5 nitrogen and oxygen atoms in total. The molecule has 3 aliphatic rings. The van der Waals surface area contributed by atoms with E-state index in [-0.39, 0.29) is 0 Å². The Morgan fingerprint density at radius 1 is 0.943 bits per heavy atom. The summed E-state index contributed by atoms with van der Waals surface area (Å²) in [7, 11) is 1.47. The highest BCUT2D eigenvalue weighted by molar-refractivity contribution is 5.71. The van der Waals surface area contributed by atoms with E-state index in [0.717, 1.165) is 24.9 Å². The zero-order chi connectivity index (χ0) is 24.7. The molecule has 0 radical (unpaired) electrons. The van der Waals surface area contributed by atoms with Gasteiger partial charge in [0.15, 0.2) is 0 Å². The predicted octanol–water partition coefficient (Wildman–Crippen LogP) is 5.15. The topological polar surface area (TPSA) is 61.6 Å². The largest absolute Gasteiger partial charge is 0.352 e. The lowest BCUT2D eigenvalue weighted by Crippen LogP contribution is -2.56. The number of likely N-dealkylation sites (N-methyl/N-ethyl adjacent to an activating group) is 1. The van der Waals surface area contributed by atoms with Gasteiger partial charge in [-0.25, -0.2) is 4.79 Å². The molecule has 0 aromatic heterocycles. The number of fused-ring (bicyclic) bond motifs is 1. The number of hydrogen-bond acceptors (Lipinski definition) is 3. The van der Waals surface area contributed by atoms with Crippen LogP contribution in [0.1, 0.15) is 62.1 Å². The third-order valence-electron chi connectivity index (χ3n) is 8.74. The van der Waals surface area contributed by atoms with Crippen molar-refractivity contribution in [2.75, 3.05) is 33.2 Å². The van der Waals surface area contributed by atoms with Crippen LogP contribution < -0.4 is 11.1 Å². The SMILES string of the molecule is CCN1Cc2ccccc2C(C2CCCC2)(C2CCN(Cc3ccccc3)CC2)C1.CNC(N)=O. The molecule has 2 heterocycles. The van der Waals surface area contributed by atoms with Gasteiger partial charge in [-0.2, -0.15) is 0 Å². The molecule has 1 saturated heterocycles. The Balaban J connectivity index is 0.000000527. The van der Waals surface area contributed by atoms with Crippen LogP contribution in [0, 0.1) is 11.8 Å². The van der Waals surface area contributed by atoms with Crippen LogP contribution >= 0.6 is 0 Å². The van der Waals surface area contributed by atoms with Crippen LogP contribution in [0.4, 0.5) is 4.79 Å². The molecule has 0 bridgehead atoms. The fraction of sp³-hybridized carbons (Fsp3) is 0.567. The summed E-state index contributed by atoms with van der Waals surface area (Å²) >= 11 is 0. The molecule has 2 fully saturated rings. The zero-order valence-corrected chi connectivity index (χ0v) is 21.7. The number of amides is 2. The first-order chi connectivity index (χ1) is 17.1. The number of rotatable bonds is 5. The van der Waals surface area contributed by atoms with Gasteiger partial charge in [0, 0.05) is 32.1 Å². The van der Waals surface area contributed by atoms with Gasteiger partial charge >= 0.3 is 6.03 Å². The van der Waals surface area contributed by atoms with Gasteiger partial charge in [0.1, 0.15) is 0 Å². The average molecular weight is 477 g/mol. The smallest absolute Gasteiger partial charge is 0.311 e. The van der Waals surface area contributed by atoms with Crippen LogP contribution in [0.5, 0.6) is 0 Å². The Kier molecular flexibility index (Phi) is 8.85. The van der Waals surface area contributed by atoms with Gasteiger partial charge < -0.3 is 11.1 Å². The maximum Gasteiger partial charge on any atom is 0.311 e. The lowest BCUT2D eigenvalue weighted by Gasteiger charge is -2.54. The zero-order valence-electron chi connectivity index (χ0n) is 21.7. The summed E-state index contributed by atoms with van der Waals surface area (Å²) in [5.74, 6) is 1.70. The molecule has 2 amide bonds. The summed E-state index contributed by atoms with van der Waals surface area (Å²) in [6.45, 7) is 9.58. The number of piperidine rings is 1. The summed E-state index contributed by atoms with van der Waals surface area (Å²) < 4.78 is 0. The second-order valence-corrected chi connectivity index (χ2v) is 10.6. The highest BCUT2D eigenvalue weighted by atomic mass is 16.2. The first-order valence-corrected chi connectivity index (χ1v) is 13.6. The van der Waals surface area contributed by atoms with Gasteiger partial charge in [0.2, 0.25) is 0 Å². The Morgan fingerprint density at radius 2 is 1.54 bits per heavy atom. The van der Waals surface area contributed by atoms with E-state index >= 15 is 0 Å². The molecule has 2 aromatic rings. The van der Waals surface area contributed by atoms with Gasteiger partial charge in [-0.1, -0.05) is 74.4 Å². The van der Waals surface area contributed by atoms with Crippen molar-refractivity contribution in [3.63, 3.8) is 0 Å². The minimum atomic E-state index is -0.495. The third-order valence-corrected chi connectivity index (χ3v) is 8.74. The third kappa shape index (κ3) is 5.90. The van der Waals surface area contributed by atoms with E-state index in [4.69, 9.17) is 0 Å². The summed E-state index contributed by atoms with van der Waals surface area (Å²) in [5.41, 5.74) is 9.72. The van der Waals surface area contributed by atoms with E-state index < -0.39 is 6.03 Å². The highest BCUT2D eigenvalue weighted by Crippen LogP contribution is 2.53. The average Bonchev–Trinajstić information content (AvgIpc) is 3.45. The van der Waals surface area contributed by atoms with Crippen LogP contribution in [0.15, 0.2) is 54.6 Å². The molecule has 35 heavy (non-hydrogen) atoms. The van der Waals surface area contributed by atoms with Crippen molar-refractivity contribution in [3.05, 3.63) is 71.3 Å². The van der Waals surface area contributed by atoms with E-state index in [1.807, 2.05) is 0 Å². The van der Waals surface area contributed by atoms with E-state index in [1.165, 1.54) is 77.3 Å². The Morgan fingerprint density at radius 3 is 2.17 bits per heavy atom. The van der Waals surface area contributed by atoms with Crippen LogP contribution in [0.25, 0.3) is 0 Å². The van der Waals surface area contributed by atoms with Crippen LogP contribution in [-0.2, 0) is 18.5 Å². The minimum Gasteiger partial charge on any atom is -0.352 e. The first-order valence-electron chi connectivity index (χ1n) is 13.6. The van der Waals surface area contributed by atoms with Gasteiger partial charge in [-0.15, -0.1) is 0 Å². The maximum absolute atomic E-state index is 9.48. The molecule has 2 aliphatic heterocycles. The van der Waals surface area contributed by atoms with E-state index in [2.05, 4.69) is 82.4 Å². The molecule has 5 rings (SSSR count). The molecule has 5 heteroatoms. The second-order valence-electron chi connectivity index (χ2n) is 10.6. The fourth-order valence-corrected chi connectivity index (χ4v) is 7.01. The van der Waals surface area contributed by atoms with Crippen molar-refractivity contribution in [3.8, 4) is 0 Å². The lowest BCUT2D eigenvalue weighted by molar-refractivity contribution is 0.0387. The monoisotopic (exact) mass is 476 g/mol. The van der Waals surface area contributed by atoms with Gasteiger partial charge in [0.05, 0.1) is 0 Å². The Labute approximate surface area is 212 Å². The van der Waals surface area contributed by atoms with Crippen molar-refractivity contribution < 1.29 is 4.79 Å². The molecule has 1 aliphatic carbocycles. The Bertz CT molecular complexity index is 934. The quantitative estimate of drug-likeness (QED) is 0.628. The number of likely N-dealkylation sites (tertiary alicyclic amines) is 1. The van der Waals surface area contributed by atoms with Crippen molar-refractivity contribution in [2.24, 2.45) is 17.6 Å².